The Morgan fingerprint density at radius 3 is 2.23 bits per heavy atom. The molecule has 2 rings (SSSR count). The summed E-state index contributed by atoms with van der Waals surface area (Å²) in [5.41, 5.74) is 0.553. The molecule has 0 fully saturated rings. The highest BCUT2D eigenvalue weighted by atomic mass is 19.4. The van der Waals surface area contributed by atoms with E-state index in [1.54, 1.807) is 12.1 Å². The minimum absolute atomic E-state index is 0.236. The van der Waals surface area contributed by atoms with E-state index in [0.717, 1.165) is 0 Å². The van der Waals surface area contributed by atoms with Crippen LogP contribution >= 0.6 is 0 Å². The van der Waals surface area contributed by atoms with Crippen LogP contribution in [0, 0.1) is 17.2 Å². The van der Waals surface area contributed by atoms with Crippen molar-refractivity contribution in [2.24, 2.45) is 5.92 Å². The second-order valence-corrected chi connectivity index (χ2v) is 7.79. The zero-order valence-corrected chi connectivity index (χ0v) is 19.2. The van der Waals surface area contributed by atoms with Gasteiger partial charge in [0.15, 0.2) is 6.61 Å². The number of carbonyl (C=O) groups excluding carboxylic acids is 3. The summed E-state index contributed by atoms with van der Waals surface area (Å²) in [6.45, 7) is 2.18. The van der Waals surface area contributed by atoms with E-state index in [1.165, 1.54) is 57.4 Å². The Kier molecular flexibility index (Phi) is 9.22. The Morgan fingerprint density at radius 1 is 1.03 bits per heavy atom. The van der Waals surface area contributed by atoms with Crippen molar-refractivity contribution in [1.29, 1.82) is 5.26 Å². The molecule has 186 valence electrons. The van der Waals surface area contributed by atoms with E-state index in [9.17, 15) is 27.6 Å². The van der Waals surface area contributed by atoms with Crippen LogP contribution in [0.15, 0.2) is 48.5 Å². The van der Waals surface area contributed by atoms with Gasteiger partial charge in [-0.2, -0.15) is 18.4 Å². The molecule has 11 heteroatoms. The molecule has 0 heterocycles. The van der Waals surface area contributed by atoms with E-state index >= 15 is 0 Å². The SMILES string of the molecule is COc1ccc(C(NC(=O)COc2cccc(C#N)c2)C(=O)N[C@H](C(=O)C(F)(F)F)C(C)C)cc1. The van der Waals surface area contributed by atoms with Gasteiger partial charge < -0.3 is 20.1 Å². The van der Waals surface area contributed by atoms with Crippen LogP contribution in [0.5, 0.6) is 11.5 Å². The first-order valence-corrected chi connectivity index (χ1v) is 10.4. The molecule has 0 aliphatic carbocycles. The van der Waals surface area contributed by atoms with Crippen molar-refractivity contribution in [2.45, 2.75) is 32.1 Å². The predicted octanol–water partition coefficient (Wildman–Crippen LogP) is 3.08. The minimum atomic E-state index is -5.15. The van der Waals surface area contributed by atoms with Crippen molar-refractivity contribution in [2.75, 3.05) is 13.7 Å². The fraction of sp³-hybridized carbons (Fsp3) is 0.333. The van der Waals surface area contributed by atoms with E-state index in [4.69, 9.17) is 14.7 Å². The van der Waals surface area contributed by atoms with Gasteiger partial charge in [0, 0.05) is 0 Å². The first-order valence-electron chi connectivity index (χ1n) is 10.4. The highest BCUT2D eigenvalue weighted by Gasteiger charge is 2.45. The molecule has 2 atom stereocenters. The number of Topliss-reactive ketones (excluding diaryl/α,β-unsaturated/α-hetero) is 1. The summed E-state index contributed by atoms with van der Waals surface area (Å²) < 4.78 is 49.5. The summed E-state index contributed by atoms with van der Waals surface area (Å²) in [5, 5.41) is 13.5. The number of rotatable bonds is 10. The van der Waals surface area contributed by atoms with E-state index in [1.807, 2.05) is 6.07 Å². The van der Waals surface area contributed by atoms with Crippen LogP contribution in [0.25, 0.3) is 0 Å². The van der Waals surface area contributed by atoms with Gasteiger partial charge in [-0.05, 0) is 41.8 Å². The minimum Gasteiger partial charge on any atom is -0.497 e. The fourth-order valence-electron chi connectivity index (χ4n) is 3.05. The summed E-state index contributed by atoms with van der Waals surface area (Å²) in [7, 11) is 1.43. The number of nitrogens with one attached hydrogen (secondary N) is 2. The molecule has 0 spiro atoms. The van der Waals surface area contributed by atoms with Crippen molar-refractivity contribution in [3.63, 3.8) is 0 Å². The van der Waals surface area contributed by atoms with Gasteiger partial charge in [-0.15, -0.1) is 0 Å². The molecule has 0 bridgehead atoms. The zero-order valence-electron chi connectivity index (χ0n) is 19.2. The predicted molar refractivity (Wildman–Crippen MR) is 118 cm³/mol. The molecule has 2 aromatic rings. The second-order valence-electron chi connectivity index (χ2n) is 7.79. The van der Waals surface area contributed by atoms with Crippen LogP contribution in [0.3, 0.4) is 0 Å². The average molecular weight is 491 g/mol. The Hall–Kier alpha value is -4.07. The van der Waals surface area contributed by atoms with Crippen LogP contribution in [-0.2, 0) is 14.4 Å². The number of ether oxygens (including phenoxy) is 2. The molecule has 2 aromatic carbocycles. The lowest BCUT2D eigenvalue weighted by Crippen LogP contribution is -2.53. The number of ketones is 1. The number of carbonyl (C=O) groups is 3. The van der Waals surface area contributed by atoms with E-state index < -0.39 is 48.4 Å². The fourth-order valence-corrected chi connectivity index (χ4v) is 3.05. The zero-order chi connectivity index (χ0) is 26.2. The van der Waals surface area contributed by atoms with Gasteiger partial charge >= 0.3 is 6.18 Å². The molecule has 8 nitrogen and oxygen atoms in total. The summed E-state index contributed by atoms with van der Waals surface area (Å²) in [5.74, 6) is -4.04. The van der Waals surface area contributed by atoms with Crippen molar-refractivity contribution in [3.8, 4) is 17.6 Å². The Morgan fingerprint density at radius 2 is 1.69 bits per heavy atom. The largest absolute Gasteiger partial charge is 0.497 e. The summed E-state index contributed by atoms with van der Waals surface area (Å²) in [6, 6.07) is 10.6. The van der Waals surface area contributed by atoms with E-state index in [2.05, 4.69) is 10.6 Å². The quantitative estimate of drug-likeness (QED) is 0.528. The number of methoxy groups -OCH3 is 1. The van der Waals surface area contributed by atoms with Gasteiger partial charge in [0.2, 0.25) is 5.91 Å². The van der Waals surface area contributed by atoms with Crippen LogP contribution in [-0.4, -0.2) is 43.5 Å². The lowest BCUT2D eigenvalue weighted by molar-refractivity contribution is -0.175. The number of nitriles is 1. The van der Waals surface area contributed by atoms with Gasteiger partial charge in [-0.1, -0.05) is 32.0 Å². The number of halogens is 3. The Balaban J connectivity index is 2.23. The maximum atomic E-state index is 13.0. The number of amides is 2. The van der Waals surface area contributed by atoms with E-state index in [0.29, 0.717) is 11.3 Å². The third-order valence-corrected chi connectivity index (χ3v) is 4.88. The number of hydrogen-bond donors (Lipinski definition) is 2. The molecule has 0 aromatic heterocycles. The molecule has 0 aliphatic rings. The third-order valence-electron chi connectivity index (χ3n) is 4.88. The molecular weight excluding hydrogens is 467 g/mol. The Labute approximate surface area is 200 Å². The van der Waals surface area contributed by atoms with Gasteiger partial charge in [-0.3, -0.25) is 14.4 Å². The van der Waals surface area contributed by atoms with Gasteiger partial charge in [0.1, 0.15) is 17.5 Å². The smallest absolute Gasteiger partial charge is 0.452 e. The van der Waals surface area contributed by atoms with Gasteiger partial charge in [0.25, 0.3) is 11.7 Å². The maximum absolute atomic E-state index is 13.0. The monoisotopic (exact) mass is 491 g/mol. The van der Waals surface area contributed by atoms with Crippen molar-refractivity contribution in [3.05, 3.63) is 59.7 Å². The molecule has 2 N–H and O–H groups in total. The molecule has 0 saturated heterocycles. The lowest BCUT2D eigenvalue weighted by atomic mass is 9.98. The number of benzene rings is 2. The first kappa shape index (κ1) is 27.2. The average Bonchev–Trinajstić information content (AvgIpc) is 2.83. The molecule has 0 aliphatic heterocycles. The summed E-state index contributed by atoms with van der Waals surface area (Å²) in [4.78, 5) is 37.4. The first-order chi connectivity index (χ1) is 16.5. The highest BCUT2D eigenvalue weighted by Crippen LogP contribution is 2.23. The van der Waals surface area contributed by atoms with Crippen LogP contribution in [0.4, 0.5) is 13.2 Å². The van der Waals surface area contributed by atoms with Gasteiger partial charge in [0.05, 0.1) is 24.8 Å². The lowest BCUT2D eigenvalue weighted by Gasteiger charge is -2.26. The van der Waals surface area contributed by atoms with Crippen molar-refractivity contribution in [1.82, 2.24) is 10.6 Å². The molecule has 0 radical (unpaired) electrons. The molecule has 0 saturated carbocycles. The van der Waals surface area contributed by atoms with Gasteiger partial charge in [-0.25, -0.2) is 0 Å². The van der Waals surface area contributed by atoms with Crippen molar-refractivity contribution >= 4 is 17.6 Å². The van der Waals surface area contributed by atoms with Crippen LogP contribution in [0.1, 0.15) is 31.0 Å². The third kappa shape index (κ3) is 7.74. The van der Waals surface area contributed by atoms with Crippen LogP contribution in [0.2, 0.25) is 0 Å². The summed E-state index contributed by atoms with van der Waals surface area (Å²) in [6.07, 6.45) is -5.15. The molecule has 35 heavy (non-hydrogen) atoms. The van der Waals surface area contributed by atoms with Crippen molar-refractivity contribution < 1.29 is 37.0 Å². The highest BCUT2D eigenvalue weighted by molar-refractivity contribution is 5.95. The number of nitrogens with zero attached hydrogens (tertiary/aromatic N) is 1. The number of hydrogen-bond acceptors (Lipinski definition) is 6. The van der Waals surface area contributed by atoms with E-state index in [-0.39, 0.29) is 11.3 Å². The topological polar surface area (TPSA) is 118 Å². The maximum Gasteiger partial charge on any atom is 0.452 e. The number of alkyl halides is 3. The standard InChI is InChI=1S/C24H24F3N3O5/c1-14(2)20(22(32)24(25,26)27)30-23(33)21(16-7-9-17(34-3)10-8-16)29-19(31)13-35-18-6-4-5-15(11-18)12-28/h4-11,14,20-21H,13H2,1-3H3,(H,29,31)(H,30,33)/t20-,21?/m0/s1. The normalized spacial score (nSPS) is 12.7. The molecular formula is C24H24F3N3O5. The summed E-state index contributed by atoms with van der Waals surface area (Å²) >= 11 is 0. The molecule has 2 amide bonds. The van der Waals surface area contributed by atoms with Crippen LogP contribution < -0.4 is 20.1 Å². The molecule has 1 unspecified atom stereocenters. The second kappa shape index (κ2) is 11.9. The Bertz CT molecular complexity index is 1090.